The monoisotopic (exact) mass is 454 g/mol. The summed E-state index contributed by atoms with van der Waals surface area (Å²) in [6, 6.07) is 11.4. The molecule has 8 nitrogen and oxygen atoms in total. The molecule has 0 bridgehead atoms. The molecule has 3 aromatic rings. The number of sulfonamides is 1. The molecule has 0 aliphatic rings. The summed E-state index contributed by atoms with van der Waals surface area (Å²) >= 11 is 11.9. The van der Waals surface area contributed by atoms with Crippen LogP contribution < -0.4 is 19.9 Å². The number of halogens is 2. The number of rotatable bonds is 7. The van der Waals surface area contributed by atoms with Crippen molar-refractivity contribution in [2.24, 2.45) is 5.73 Å². The topological polar surface area (TPSA) is 116 Å². The van der Waals surface area contributed by atoms with Gasteiger partial charge in [0.2, 0.25) is 11.7 Å². The Morgan fingerprint density at radius 3 is 2.52 bits per heavy atom. The van der Waals surface area contributed by atoms with E-state index in [0.29, 0.717) is 12.3 Å². The maximum Gasteiger partial charge on any atom is 0.264 e. The number of aromatic nitrogens is 2. The lowest BCUT2D eigenvalue weighted by molar-refractivity contribution is 0.382. The minimum absolute atomic E-state index is 0.0807. The first-order valence-corrected chi connectivity index (χ1v) is 10.4. The van der Waals surface area contributed by atoms with Gasteiger partial charge in [0.1, 0.15) is 10.6 Å². The van der Waals surface area contributed by atoms with Crippen molar-refractivity contribution in [1.29, 1.82) is 0 Å². The van der Waals surface area contributed by atoms with Crippen molar-refractivity contribution in [2.45, 2.75) is 11.4 Å². The van der Waals surface area contributed by atoms with E-state index in [-0.39, 0.29) is 32.5 Å². The molecule has 0 radical (unpaired) electrons. The van der Waals surface area contributed by atoms with E-state index in [1.165, 1.54) is 31.5 Å². The molecule has 2 aromatic carbocycles. The van der Waals surface area contributed by atoms with Gasteiger partial charge in [-0.15, -0.1) is 0 Å². The minimum Gasteiger partial charge on any atom is -0.478 e. The van der Waals surface area contributed by atoms with Gasteiger partial charge in [0.05, 0.1) is 23.4 Å². The summed E-state index contributed by atoms with van der Waals surface area (Å²) in [5, 5.41) is 0.00599. The lowest BCUT2D eigenvalue weighted by Crippen LogP contribution is -2.15. The van der Waals surface area contributed by atoms with Crippen LogP contribution in [0, 0.1) is 0 Å². The Morgan fingerprint density at radius 1 is 1.14 bits per heavy atom. The van der Waals surface area contributed by atoms with Crippen LogP contribution in [-0.4, -0.2) is 25.5 Å². The normalized spacial score (nSPS) is 11.2. The Balaban J connectivity index is 1.85. The zero-order chi connectivity index (χ0) is 21.0. The van der Waals surface area contributed by atoms with Crippen molar-refractivity contribution in [3.63, 3.8) is 0 Å². The highest BCUT2D eigenvalue weighted by Crippen LogP contribution is 2.32. The molecule has 3 rings (SSSR count). The van der Waals surface area contributed by atoms with E-state index in [1.807, 2.05) is 12.1 Å². The first-order valence-electron chi connectivity index (χ1n) is 8.19. The molecule has 11 heteroatoms. The highest BCUT2D eigenvalue weighted by molar-refractivity contribution is 7.92. The number of methoxy groups -OCH3 is 1. The van der Waals surface area contributed by atoms with E-state index < -0.39 is 10.0 Å². The molecule has 3 N–H and O–H groups in total. The number of benzene rings is 2. The zero-order valence-electron chi connectivity index (χ0n) is 15.1. The Bertz CT molecular complexity index is 1130. The van der Waals surface area contributed by atoms with Crippen LogP contribution in [0.2, 0.25) is 10.0 Å². The van der Waals surface area contributed by atoms with Gasteiger partial charge >= 0.3 is 0 Å². The summed E-state index contributed by atoms with van der Waals surface area (Å²) in [5.41, 5.74) is 6.52. The van der Waals surface area contributed by atoms with Crippen molar-refractivity contribution in [2.75, 3.05) is 11.8 Å². The predicted octanol–water partition coefficient (Wildman–Crippen LogP) is 3.84. The zero-order valence-corrected chi connectivity index (χ0v) is 17.4. The van der Waals surface area contributed by atoms with E-state index in [2.05, 4.69) is 14.7 Å². The van der Waals surface area contributed by atoms with E-state index in [4.69, 9.17) is 38.4 Å². The number of hydrogen-bond donors (Lipinski definition) is 2. The minimum atomic E-state index is -4.08. The highest BCUT2D eigenvalue weighted by atomic mass is 35.5. The lowest BCUT2D eigenvalue weighted by atomic mass is 10.2. The van der Waals surface area contributed by atoms with Crippen molar-refractivity contribution >= 4 is 39.0 Å². The number of nitrogens with zero attached hydrogens (tertiary/aromatic N) is 2. The molecule has 0 atom stereocenters. The third-order valence-corrected chi connectivity index (χ3v) is 6.04. The van der Waals surface area contributed by atoms with Crippen LogP contribution in [0.15, 0.2) is 53.6 Å². The summed E-state index contributed by atoms with van der Waals surface area (Å²) in [6.07, 6.45) is 1.26. The molecule has 0 saturated carbocycles. The molecule has 0 saturated heterocycles. The summed E-state index contributed by atoms with van der Waals surface area (Å²) in [4.78, 5) is 7.97. The number of anilines is 1. The van der Waals surface area contributed by atoms with Crippen molar-refractivity contribution < 1.29 is 17.9 Å². The van der Waals surface area contributed by atoms with Crippen molar-refractivity contribution in [3.8, 4) is 17.5 Å². The number of ether oxygens (including phenoxy) is 2. The smallest absolute Gasteiger partial charge is 0.264 e. The molecule has 0 amide bonds. The summed E-state index contributed by atoms with van der Waals surface area (Å²) in [5.74, 6) is 0.417. The lowest BCUT2D eigenvalue weighted by Gasteiger charge is -2.13. The number of nitrogens with two attached hydrogens (primary N) is 1. The van der Waals surface area contributed by atoms with Crippen molar-refractivity contribution in [3.05, 3.63) is 64.3 Å². The third kappa shape index (κ3) is 4.88. The number of nitrogens with one attached hydrogen (secondary N) is 1. The second-order valence-electron chi connectivity index (χ2n) is 5.67. The predicted molar refractivity (Wildman–Crippen MR) is 110 cm³/mol. The molecule has 1 heterocycles. The van der Waals surface area contributed by atoms with Crippen LogP contribution in [0.4, 0.5) is 5.82 Å². The summed E-state index contributed by atoms with van der Waals surface area (Å²) < 4.78 is 38.4. The van der Waals surface area contributed by atoms with Gasteiger partial charge in [-0.2, -0.15) is 4.98 Å². The van der Waals surface area contributed by atoms with E-state index in [9.17, 15) is 8.42 Å². The third-order valence-electron chi connectivity index (χ3n) is 3.73. The molecule has 29 heavy (non-hydrogen) atoms. The SMILES string of the molecule is COc1nc(Oc2ccc(CN)cc2)cnc1NS(=O)(=O)c1cccc(Cl)c1Cl. The van der Waals surface area contributed by atoms with Gasteiger partial charge < -0.3 is 15.2 Å². The van der Waals surface area contributed by atoms with Gasteiger partial charge in [-0.1, -0.05) is 41.4 Å². The largest absolute Gasteiger partial charge is 0.478 e. The Kier molecular flexibility index (Phi) is 6.43. The highest BCUT2D eigenvalue weighted by Gasteiger charge is 2.23. The second kappa shape index (κ2) is 8.83. The van der Waals surface area contributed by atoms with Crippen LogP contribution in [0.1, 0.15) is 5.56 Å². The molecule has 152 valence electrons. The number of hydrogen-bond acceptors (Lipinski definition) is 7. The van der Waals surface area contributed by atoms with Crippen LogP contribution in [0.25, 0.3) is 0 Å². The van der Waals surface area contributed by atoms with Gasteiger partial charge in [0.15, 0.2) is 0 Å². The molecular weight excluding hydrogens is 439 g/mol. The fraction of sp³-hybridized carbons (Fsp3) is 0.111. The first kappa shape index (κ1) is 21.1. The molecule has 0 aliphatic heterocycles. The van der Waals surface area contributed by atoms with Gasteiger partial charge in [0, 0.05) is 6.54 Å². The molecular formula is C18H16Cl2N4O4S. The first-order chi connectivity index (χ1) is 13.8. The fourth-order valence-corrected chi connectivity index (χ4v) is 4.08. The Morgan fingerprint density at radius 2 is 1.86 bits per heavy atom. The van der Waals surface area contributed by atoms with E-state index >= 15 is 0 Å². The summed E-state index contributed by atoms with van der Waals surface area (Å²) in [6.45, 7) is 0.416. The van der Waals surface area contributed by atoms with Gasteiger partial charge in [-0.05, 0) is 29.8 Å². The maximum absolute atomic E-state index is 12.7. The molecule has 0 aliphatic carbocycles. The van der Waals surface area contributed by atoms with Crippen molar-refractivity contribution in [1.82, 2.24) is 9.97 Å². The average molecular weight is 455 g/mol. The average Bonchev–Trinajstić information content (AvgIpc) is 2.71. The van der Waals surface area contributed by atoms with Crippen LogP contribution in [-0.2, 0) is 16.6 Å². The Hall–Kier alpha value is -2.59. The van der Waals surface area contributed by atoms with Crippen LogP contribution in [0.3, 0.4) is 0 Å². The van der Waals surface area contributed by atoms with Crippen LogP contribution >= 0.6 is 23.2 Å². The summed E-state index contributed by atoms with van der Waals surface area (Å²) in [7, 11) is -2.75. The molecule has 0 unspecified atom stereocenters. The van der Waals surface area contributed by atoms with Gasteiger partial charge in [-0.3, -0.25) is 4.72 Å². The van der Waals surface area contributed by atoms with Gasteiger partial charge in [-0.25, -0.2) is 13.4 Å². The Labute approximate surface area is 177 Å². The van der Waals surface area contributed by atoms with E-state index in [1.54, 1.807) is 12.1 Å². The molecule has 0 spiro atoms. The quantitative estimate of drug-likeness (QED) is 0.556. The fourth-order valence-electron chi connectivity index (χ4n) is 2.31. The molecule has 1 aromatic heterocycles. The standard InChI is InChI=1S/C18H16Cl2N4O4S/c1-27-18-17(24-29(25,26)14-4-2-3-13(19)16(14)20)22-10-15(23-18)28-12-7-5-11(9-21)6-8-12/h2-8,10H,9,21H2,1H3,(H,22,24). The second-order valence-corrected chi connectivity index (χ2v) is 8.11. The van der Waals surface area contributed by atoms with E-state index in [0.717, 1.165) is 5.56 Å². The maximum atomic E-state index is 12.7. The van der Waals surface area contributed by atoms with Gasteiger partial charge in [0.25, 0.3) is 15.9 Å². The van der Waals surface area contributed by atoms with Crippen LogP contribution in [0.5, 0.6) is 17.5 Å². The molecule has 0 fully saturated rings.